The van der Waals surface area contributed by atoms with Crippen molar-refractivity contribution in [3.8, 4) is 17.0 Å². The van der Waals surface area contributed by atoms with Gasteiger partial charge < -0.3 is 10.5 Å². The molecule has 0 unspecified atom stereocenters. The molecule has 1 heterocycles. The van der Waals surface area contributed by atoms with Crippen molar-refractivity contribution in [2.24, 2.45) is 5.73 Å². The monoisotopic (exact) mass is 254 g/mol. The van der Waals surface area contributed by atoms with E-state index in [1.54, 1.807) is 29.1 Å². The number of halogens is 2. The van der Waals surface area contributed by atoms with Crippen LogP contribution in [0.1, 0.15) is 0 Å². The van der Waals surface area contributed by atoms with Gasteiger partial charge in [0.15, 0.2) is 0 Å². The van der Waals surface area contributed by atoms with Crippen LogP contribution in [-0.4, -0.2) is 28.2 Å². The molecule has 0 saturated heterocycles. The molecule has 1 aromatic carbocycles. The summed E-state index contributed by atoms with van der Waals surface area (Å²) in [6.07, 6.45) is 1.64. The van der Waals surface area contributed by atoms with Gasteiger partial charge in [-0.15, -0.1) is 5.10 Å². The largest absolute Gasteiger partial charge is 0.434 e. The Morgan fingerprint density at radius 3 is 2.83 bits per heavy atom. The van der Waals surface area contributed by atoms with Gasteiger partial charge in [-0.1, -0.05) is 17.3 Å². The van der Waals surface area contributed by atoms with Gasteiger partial charge in [0, 0.05) is 12.1 Å². The number of benzene rings is 1. The minimum absolute atomic E-state index is 0.0762. The SMILES string of the molecule is NCCn1cc(-c2ccccc2OC(F)F)nn1. The van der Waals surface area contributed by atoms with Crippen LogP contribution in [0.15, 0.2) is 30.5 Å². The van der Waals surface area contributed by atoms with Crippen LogP contribution in [0.2, 0.25) is 0 Å². The zero-order valence-electron chi connectivity index (χ0n) is 9.46. The van der Waals surface area contributed by atoms with E-state index in [0.717, 1.165) is 0 Å². The van der Waals surface area contributed by atoms with Crippen LogP contribution in [0.5, 0.6) is 5.75 Å². The number of rotatable bonds is 5. The van der Waals surface area contributed by atoms with Gasteiger partial charge >= 0.3 is 6.61 Å². The minimum atomic E-state index is -2.87. The molecule has 0 atom stereocenters. The fourth-order valence-corrected chi connectivity index (χ4v) is 1.54. The molecular formula is C11H12F2N4O. The Morgan fingerprint density at radius 2 is 2.11 bits per heavy atom. The summed E-state index contributed by atoms with van der Waals surface area (Å²) in [4.78, 5) is 0. The molecule has 96 valence electrons. The normalized spacial score (nSPS) is 10.9. The molecule has 0 bridgehead atoms. The topological polar surface area (TPSA) is 66.0 Å². The molecule has 2 rings (SSSR count). The van der Waals surface area contributed by atoms with Gasteiger partial charge in [0.05, 0.1) is 12.7 Å². The highest BCUT2D eigenvalue weighted by Crippen LogP contribution is 2.29. The van der Waals surface area contributed by atoms with Crippen LogP contribution in [0.4, 0.5) is 8.78 Å². The van der Waals surface area contributed by atoms with Gasteiger partial charge in [0.25, 0.3) is 0 Å². The van der Waals surface area contributed by atoms with Crippen LogP contribution in [0.25, 0.3) is 11.3 Å². The summed E-state index contributed by atoms with van der Waals surface area (Å²) >= 11 is 0. The van der Waals surface area contributed by atoms with Crippen molar-refractivity contribution in [1.29, 1.82) is 0 Å². The molecule has 1 aromatic heterocycles. The predicted octanol–water partition coefficient (Wildman–Crippen LogP) is 1.51. The van der Waals surface area contributed by atoms with E-state index in [0.29, 0.717) is 24.3 Å². The first kappa shape index (κ1) is 12.4. The Hall–Kier alpha value is -2.02. The van der Waals surface area contributed by atoms with Crippen molar-refractivity contribution >= 4 is 0 Å². The summed E-state index contributed by atoms with van der Waals surface area (Å²) in [7, 11) is 0. The van der Waals surface area contributed by atoms with Crippen molar-refractivity contribution in [3.63, 3.8) is 0 Å². The summed E-state index contributed by atoms with van der Waals surface area (Å²) < 4.78 is 30.5. The van der Waals surface area contributed by atoms with Crippen LogP contribution in [0.3, 0.4) is 0 Å². The molecule has 7 heteroatoms. The Kier molecular flexibility index (Phi) is 3.83. The van der Waals surface area contributed by atoms with E-state index in [1.165, 1.54) is 6.07 Å². The maximum atomic E-state index is 12.3. The van der Waals surface area contributed by atoms with Gasteiger partial charge in [-0.3, -0.25) is 4.68 Å². The standard InChI is InChI=1S/C11H12F2N4O/c12-11(13)18-10-4-2-1-3-8(10)9-7-17(6-5-14)16-15-9/h1-4,7,11H,5-6,14H2. The van der Waals surface area contributed by atoms with E-state index < -0.39 is 6.61 Å². The molecule has 0 amide bonds. The number of hydrogen-bond donors (Lipinski definition) is 1. The lowest BCUT2D eigenvalue weighted by molar-refractivity contribution is -0.0494. The van der Waals surface area contributed by atoms with Crippen molar-refractivity contribution in [2.45, 2.75) is 13.2 Å². The maximum Gasteiger partial charge on any atom is 0.387 e. The molecule has 0 radical (unpaired) electrons. The third kappa shape index (κ3) is 2.80. The van der Waals surface area contributed by atoms with Crippen LogP contribution < -0.4 is 10.5 Å². The lowest BCUT2D eigenvalue weighted by Crippen LogP contribution is -2.10. The van der Waals surface area contributed by atoms with Gasteiger partial charge in [-0.05, 0) is 12.1 Å². The lowest BCUT2D eigenvalue weighted by Gasteiger charge is -2.07. The summed E-state index contributed by atoms with van der Waals surface area (Å²) in [6, 6.07) is 6.44. The van der Waals surface area contributed by atoms with E-state index in [1.807, 2.05) is 0 Å². The molecule has 5 nitrogen and oxygen atoms in total. The van der Waals surface area contributed by atoms with Crippen molar-refractivity contribution in [3.05, 3.63) is 30.5 Å². The molecule has 0 saturated carbocycles. The Morgan fingerprint density at radius 1 is 1.33 bits per heavy atom. The molecule has 0 fully saturated rings. The maximum absolute atomic E-state index is 12.3. The summed E-state index contributed by atoms with van der Waals surface area (Å²) in [6.45, 7) is -1.92. The average Bonchev–Trinajstić information content (AvgIpc) is 2.78. The number of nitrogens with zero attached hydrogens (tertiary/aromatic N) is 3. The molecule has 0 aliphatic heterocycles. The number of para-hydroxylation sites is 1. The second-order valence-electron chi connectivity index (χ2n) is 3.53. The first-order chi connectivity index (χ1) is 8.70. The number of alkyl halides is 2. The number of hydrogen-bond acceptors (Lipinski definition) is 4. The van der Waals surface area contributed by atoms with Crippen LogP contribution in [0, 0.1) is 0 Å². The fourth-order valence-electron chi connectivity index (χ4n) is 1.54. The smallest absolute Gasteiger partial charge is 0.387 e. The highest BCUT2D eigenvalue weighted by molar-refractivity contribution is 5.66. The lowest BCUT2D eigenvalue weighted by atomic mass is 10.1. The average molecular weight is 254 g/mol. The second kappa shape index (κ2) is 5.54. The third-order valence-corrected chi connectivity index (χ3v) is 2.28. The first-order valence-corrected chi connectivity index (χ1v) is 5.35. The minimum Gasteiger partial charge on any atom is -0.434 e. The molecule has 2 aromatic rings. The van der Waals surface area contributed by atoms with E-state index in [2.05, 4.69) is 15.0 Å². The summed E-state index contributed by atoms with van der Waals surface area (Å²) in [5.41, 5.74) is 6.34. The Bertz CT molecular complexity index is 515. The molecule has 0 aliphatic rings. The van der Waals surface area contributed by atoms with Crippen LogP contribution in [-0.2, 0) is 6.54 Å². The Balaban J connectivity index is 2.30. The Labute approximate surface area is 102 Å². The fraction of sp³-hybridized carbons (Fsp3) is 0.273. The van der Waals surface area contributed by atoms with Crippen LogP contribution >= 0.6 is 0 Å². The summed E-state index contributed by atoms with van der Waals surface area (Å²) in [5, 5.41) is 7.75. The van der Waals surface area contributed by atoms with Gasteiger partial charge in [-0.25, -0.2) is 0 Å². The third-order valence-electron chi connectivity index (χ3n) is 2.28. The van der Waals surface area contributed by atoms with Crippen molar-refractivity contribution in [2.75, 3.05) is 6.54 Å². The quantitative estimate of drug-likeness (QED) is 0.878. The zero-order valence-corrected chi connectivity index (χ0v) is 9.46. The highest BCUT2D eigenvalue weighted by atomic mass is 19.3. The van der Waals surface area contributed by atoms with Crippen molar-refractivity contribution in [1.82, 2.24) is 15.0 Å². The predicted molar refractivity (Wildman–Crippen MR) is 61.1 cm³/mol. The molecule has 18 heavy (non-hydrogen) atoms. The van der Waals surface area contributed by atoms with Gasteiger partial charge in [0.1, 0.15) is 11.4 Å². The summed E-state index contributed by atoms with van der Waals surface area (Å²) in [5.74, 6) is 0.0762. The van der Waals surface area contributed by atoms with E-state index in [4.69, 9.17) is 5.73 Å². The number of ether oxygens (including phenoxy) is 1. The van der Waals surface area contributed by atoms with Gasteiger partial charge in [0.2, 0.25) is 0 Å². The van der Waals surface area contributed by atoms with E-state index in [9.17, 15) is 8.78 Å². The number of nitrogens with two attached hydrogens (primary N) is 1. The van der Waals surface area contributed by atoms with E-state index in [-0.39, 0.29) is 5.75 Å². The molecule has 2 N–H and O–H groups in total. The van der Waals surface area contributed by atoms with Gasteiger partial charge in [-0.2, -0.15) is 8.78 Å². The molecular weight excluding hydrogens is 242 g/mol. The zero-order chi connectivity index (χ0) is 13.0. The number of aromatic nitrogens is 3. The molecule has 0 spiro atoms. The van der Waals surface area contributed by atoms with E-state index >= 15 is 0 Å². The highest BCUT2D eigenvalue weighted by Gasteiger charge is 2.13. The second-order valence-corrected chi connectivity index (χ2v) is 3.53. The first-order valence-electron chi connectivity index (χ1n) is 5.35. The molecule has 0 aliphatic carbocycles. The van der Waals surface area contributed by atoms with Crippen molar-refractivity contribution < 1.29 is 13.5 Å².